The van der Waals surface area contributed by atoms with Crippen LogP contribution in [0.4, 0.5) is 11.4 Å². The minimum Gasteiger partial charge on any atom is -0.336 e. The van der Waals surface area contributed by atoms with Gasteiger partial charge in [0.1, 0.15) is 0 Å². The van der Waals surface area contributed by atoms with Gasteiger partial charge in [-0.1, -0.05) is 97.1 Å². The lowest BCUT2D eigenvalue weighted by atomic mass is 9.93. The van der Waals surface area contributed by atoms with Crippen molar-refractivity contribution >= 4 is 86.5 Å². The molecule has 0 aliphatic carbocycles. The van der Waals surface area contributed by atoms with Crippen LogP contribution in [0.15, 0.2) is 170 Å². The maximum absolute atomic E-state index is 5.12. The monoisotopic (exact) mass is 694 g/mol. The Morgan fingerprint density at radius 3 is 1.85 bits per heavy atom. The number of para-hydroxylation sites is 4. The lowest BCUT2D eigenvalue weighted by Crippen LogP contribution is -2.21. The molecule has 0 atom stereocenters. The predicted octanol–water partition coefficient (Wildman–Crippen LogP) is 13.0. The van der Waals surface area contributed by atoms with Crippen molar-refractivity contribution in [2.75, 3.05) is 4.90 Å². The fraction of sp³-hybridized carbons (Fsp3) is 0.0208. The number of rotatable bonds is 3. The third-order valence-corrected chi connectivity index (χ3v) is 12.4. The second-order valence-corrected chi connectivity index (χ2v) is 15.0. The predicted molar refractivity (Wildman–Crippen MR) is 224 cm³/mol. The summed E-state index contributed by atoms with van der Waals surface area (Å²) >= 11 is 1.83. The molecule has 0 amide bonds. The van der Waals surface area contributed by atoms with E-state index in [1.54, 1.807) is 0 Å². The second kappa shape index (κ2) is 10.9. The molecule has 0 radical (unpaired) electrons. The summed E-state index contributed by atoms with van der Waals surface area (Å²) in [6, 6.07) is 59.8. The van der Waals surface area contributed by atoms with Crippen molar-refractivity contribution in [2.45, 2.75) is 6.54 Å². The van der Waals surface area contributed by atoms with Crippen molar-refractivity contribution in [3.63, 3.8) is 0 Å². The van der Waals surface area contributed by atoms with E-state index in [0.29, 0.717) is 0 Å². The van der Waals surface area contributed by atoms with Gasteiger partial charge < -0.3 is 9.47 Å². The van der Waals surface area contributed by atoms with Crippen LogP contribution in [-0.2, 0) is 6.54 Å². The van der Waals surface area contributed by atoms with Crippen molar-refractivity contribution in [1.29, 1.82) is 0 Å². The van der Waals surface area contributed by atoms with E-state index in [2.05, 4.69) is 178 Å². The van der Waals surface area contributed by atoms with Crippen molar-refractivity contribution in [3.8, 4) is 22.6 Å². The van der Waals surface area contributed by atoms with Crippen LogP contribution >= 0.6 is 11.3 Å². The highest BCUT2D eigenvalue weighted by atomic mass is 32.1. The summed E-state index contributed by atoms with van der Waals surface area (Å²) in [5, 5.41) is 7.47. The zero-order valence-electron chi connectivity index (χ0n) is 28.6. The molecule has 0 bridgehead atoms. The lowest BCUT2D eigenvalue weighted by molar-refractivity contribution is 0.962. The highest BCUT2D eigenvalue weighted by molar-refractivity contribution is 7.26. The Kier molecular flexibility index (Phi) is 5.96. The number of aromatic nitrogens is 3. The zero-order chi connectivity index (χ0) is 34.6. The van der Waals surface area contributed by atoms with Gasteiger partial charge in [0.2, 0.25) is 0 Å². The maximum atomic E-state index is 5.12. The summed E-state index contributed by atoms with van der Waals surface area (Å²) < 4.78 is 7.22. The van der Waals surface area contributed by atoms with Crippen LogP contribution in [0.5, 0.6) is 0 Å². The van der Waals surface area contributed by atoms with Gasteiger partial charge in [-0.2, -0.15) is 0 Å². The first-order chi connectivity index (χ1) is 26.3. The number of hydrogen-bond donors (Lipinski definition) is 0. The quantitative estimate of drug-likeness (QED) is 0.184. The summed E-state index contributed by atoms with van der Waals surface area (Å²) in [5.41, 5.74) is 12.3. The molecule has 0 saturated carbocycles. The van der Waals surface area contributed by atoms with E-state index < -0.39 is 0 Å². The maximum Gasteiger partial charge on any atom is 0.155 e. The van der Waals surface area contributed by atoms with Gasteiger partial charge in [-0.25, -0.2) is 4.98 Å². The van der Waals surface area contributed by atoms with Crippen LogP contribution in [0.1, 0.15) is 5.56 Å². The molecule has 248 valence electrons. The number of thiophene rings is 1. The first-order valence-corrected chi connectivity index (χ1v) is 18.9. The number of fused-ring (bicyclic) bond motifs is 12. The SMILES string of the molecule is c1ccc2c(c1)CN(c1ccc3c(c1)c1ccccc1n3-c1nccc3c1sc1ccc(-n4c5ccccc5c5ccccc54)cc13)c1ccccc1-2. The minimum atomic E-state index is 0.830. The smallest absolute Gasteiger partial charge is 0.155 e. The Balaban J connectivity index is 1.05. The van der Waals surface area contributed by atoms with E-state index in [-0.39, 0.29) is 0 Å². The zero-order valence-corrected chi connectivity index (χ0v) is 29.4. The van der Waals surface area contributed by atoms with Crippen LogP contribution in [0, 0.1) is 0 Å². The number of pyridine rings is 1. The van der Waals surface area contributed by atoms with Gasteiger partial charge in [0.25, 0.3) is 0 Å². The molecule has 5 heteroatoms. The molecule has 0 saturated heterocycles. The number of hydrogen-bond acceptors (Lipinski definition) is 3. The van der Waals surface area contributed by atoms with Crippen molar-refractivity contribution < 1.29 is 0 Å². The Morgan fingerprint density at radius 2 is 1.06 bits per heavy atom. The normalized spacial score (nSPS) is 12.8. The van der Waals surface area contributed by atoms with Crippen molar-refractivity contribution in [3.05, 3.63) is 176 Å². The van der Waals surface area contributed by atoms with Crippen LogP contribution < -0.4 is 4.90 Å². The average molecular weight is 695 g/mol. The molecule has 0 spiro atoms. The molecule has 0 unspecified atom stereocenters. The summed E-state index contributed by atoms with van der Waals surface area (Å²) in [4.78, 5) is 7.59. The third-order valence-electron chi connectivity index (χ3n) is 11.2. The van der Waals surface area contributed by atoms with Crippen LogP contribution in [0.2, 0.25) is 0 Å². The Labute approximate surface area is 309 Å². The molecule has 0 N–H and O–H groups in total. The third kappa shape index (κ3) is 4.08. The summed E-state index contributed by atoms with van der Waals surface area (Å²) in [6.45, 7) is 0.830. The first-order valence-electron chi connectivity index (χ1n) is 18.1. The van der Waals surface area contributed by atoms with E-state index in [4.69, 9.17) is 4.98 Å². The van der Waals surface area contributed by atoms with Gasteiger partial charge in [0.15, 0.2) is 5.82 Å². The fourth-order valence-electron chi connectivity index (χ4n) is 8.88. The van der Waals surface area contributed by atoms with E-state index in [1.807, 2.05) is 17.5 Å². The van der Waals surface area contributed by atoms with Gasteiger partial charge in [-0.05, 0) is 77.9 Å². The molecule has 11 aromatic rings. The lowest BCUT2D eigenvalue weighted by Gasteiger charge is -2.33. The van der Waals surface area contributed by atoms with Crippen LogP contribution in [0.3, 0.4) is 0 Å². The van der Waals surface area contributed by atoms with E-state index in [0.717, 1.165) is 23.4 Å². The Morgan fingerprint density at radius 1 is 0.453 bits per heavy atom. The fourth-order valence-corrected chi connectivity index (χ4v) is 10.0. The topological polar surface area (TPSA) is 26.0 Å². The number of nitrogens with zero attached hydrogens (tertiary/aromatic N) is 4. The largest absolute Gasteiger partial charge is 0.336 e. The minimum absolute atomic E-state index is 0.830. The van der Waals surface area contributed by atoms with E-state index >= 15 is 0 Å². The van der Waals surface area contributed by atoms with E-state index in [9.17, 15) is 0 Å². The van der Waals surface area contributed by atoms with Crippen LogP contribution in [-0.4, -0.2) is 14.1 Å². The molecular formula is C48H30N4S. The Hall–Kier alpha value is -6.69. The first kappa shape index (κ1) is 28.9. The van der Waals surface area contributed by atoms with Gasteiger partial charge in [0.05, 0.1) is 26.8 Å². The number of benzene rings is 7. The molecule has 1 aliphatic rings. The molecule has 1 aliphatic heterocycles. The molecule has 7 aromatic carbocycles. The average Bonchev–Trinajstić information content (AvgIpc) is 3.88. The highest BCUT2D eigenvalue weighted by Gasteiger charge is 2.24. The molecule has 53 heavy (non-hydrogen) atoms. The molecule has 0 fully saturated rings. The number of anilines is 2. The Bertz CT molecular complexity index is 3240. The summed E-state index contributed by atoms with van der Waals surface area (Å²) in [7, 11) is 0. The standard InChI is InChI=1S/C48H30N4S/c1-2-12-33-30(11-1)29-50(41-17-7-3-13-34(33)41)31-21-23-45-39(27-31)37-16-6-10-20-44(37)52(45)48-47-38(25-26-49-48)40-28-32(22-24-46(40)53-47)51-42-18-8-4-14-35(42)36-15-5-9-19-43(36)51/h1-28H,29H2. The van der Waals surface area contributed by atoms with Crippen LogP contribution in [0.25, 0.3) is 86.4 Å². The van der Waals surface area contributed by atoms with Crippen molar-refractivity contribution in [1.82, 2.24) is 14.1 Å². The van der Waals surface area contributed by atoms with Gasteiger partial charge in [-0.3, -0.25) is 4.57 Å². The molecule has 5 heterocycles. The summed E-state index contributed by atoms with van der Waals surface area (Å²) in [5.74, 6) is 0.971. The van der Waals surface area contributed by atoms with Gasteiger partial charge >= 0.3 is 0 Å². The summed E-state index contributed by atoms with van der Waals surface area (Å²) in [6.07, 6.45) is 1.98. The van der Waals surface area contributed by atoms with Gasteiger partial charge in [0, 0.05) is 72.4 Å². The molecule has 4 nitrogen and oxygen atoms in total. The molecule has 12 rings (SSSR count). The van der Waals surface area contributed by atoms with Gasteiger partial charge in [-0.15, -0.1) is 11.3 Å². The molecule has 4 aromatic heterocycles. The highest BCUT2D eigenvalue weighted by Crippen LogP contribution is 2.45. The van der Waals surface area contributed by atoms with Crippen molar-refractivity contribution in [2.24, 2.45) is 0 Å². The second-order valence-electron chi connectivity index (χ2n) is 14.0. The molecular weight excluding hydrogens is 665 g/mol. The van der Waals surface area contributed by atoms with E-state index in [1.165, 1.54) is 86.5 Å².